The maximum absolute atomic E-state index is 11.6. The van der Waals surface area contributed by atoms with Gasteiger partial charge in [0.1, 0.15) is 0 Å². The van der Waals surface area contributed by atoms with Crippen LogP contribution in [0.2, 0.25) is 0 Å². The summed E-state index contributed by atoms with van der Waals surface area (Å²) in [6.07, 6.45) is 0.964. The molecule has 2 rings (SSSR count). The fourth-order valence-corrected chi connectivity index (χ4v) is 2.42. The Morgan fingerprint density at radius 2 is 2.06 bits per heavy atom. The average molecular weight is 235 g/mol. The molecule has 92 valence electrons. The van der Waals surface area contributed by atoms with Crippen molar-refractivity contribution >= 4 is 11.7 Å². The first-order valence-electron chi connectivity index (χ1n) is 5.74. The fourth-order valence-electron chi connectivity index (χ4n) is 2.42. The number of ether oxygens (including phenoxy) is 1. The number of aliphatic carboxylic acids is 1. The largest absolute Gasteiger partial charge is 0.481 e. The predicted octanol–water partition coefficient (Wildman–Crippen LogP) is 1.71. The molecule has 0 saturated carbocycles. The Hall–Kier alpha value is -1.55. The highest BCUT2D eigenvalue weighted by Gasteiger charge is 2.43. The zero-order chi connectivity index (χ0) is 12.5. The molecule has 4 heteroatoms. The van der Waals surface area contributed by atoms with Gasteiger partial charge >= 0.3 is 5.97 Å². The normalized spacial score (nSPS) is 18.9. The molecule has 0 aliphatic carbocycles. The molecule has 1 heterocycles. The summed E-state index contributed by atoms with van der Waals surface area (Å²) in [6, 6.07) is 5.58. The number of aryl methyl sites for hydroxylation is 1. The van der Waals surface area contributed by atoms with Crippen LogP contribution in [0.3, 0.4) is 0 Å². The number of carboxylic acids is 1. The van der Waals surface area contributed by atoms with Crippen LogP contribution in [0.1, 0.15) is 24.0 Å². The number of hydrogen-bond donors (Lipinski definition) is 2. The van der Waals surface area contributed by atoms with Gasteiger partial charge in [0.05, 0.1) is 5.41 Å². The van der Waals surface area contributed by atoms with Crippen LogP contribution in [0.25, 0.3) is 0 Å². The minimum atomic E-state index is -0.881. The van der Waals surface area contributed by atoms with Gasteiger partial charge in [-0.05, 0) is 30.9 Å². The van der Waals surface area contributed by atoms with E-state index in [9.17, 15) is 9.90 Å². The maximum atomic E-state index is 11.6. The van der Waals surface area contributed by atoms with Crippen LogP contribution in [0.4, 0.5) is 5.69 Å². The van der Waals surface area contributed by atoms with Gasteiger partial charge in [0.15, 0.2) is 0 Å². The summed E-state index contributed by atoms with van der Waals surface area (Å²) < 4.78 is 5.26. The zero-order valence-electron chi connectivity index (χ0n) is 9.90. The summed E-state index contributed by atoms with van der Waals surface area (Å²) in [5.41, 5.74) is 7.40. The Bertz CT molecular complexity index is 436. The number of carboxylic acid groups (broad SMARTS) is 1. The lowest BCUT2D eigenvalue weighted by molar-refractivity contribution is -0.147. The number of nitrogen functional groups attached to an aromatic ring is 1. The van der Waals surface area contributed by atoms with Gasteiger partial charge in [0, 0.05) is 18.9 Å². The van der Waals surface area contributed by atoms with E-state index in [1.165, 1.54) is 0 Å². The number of hydrogen-bond acceptors (Lipinski definition) is 3. The molecule has 0 radical (unpaired) electrons. The molecule has 1 aliphatic rings. The topological polar surface area (TPSA) is 72.5 Å². The number of benzene rings is 1. The third-order valence-corrected chi connectivity index (χ3v) is 3.60. The van der Waals surface area contributed by atoms with E-state index in [2.05, 4.69) is 0 Å². The van der Waals surface area contributed by atoms with Crippen LogP contribution in [0.15, 0.2) is 18.2 Å². The van der Waals surface area contributed by atoms with Crippen molar-refractivity contribution in [3.8, 4) is 0 Å². The van der Waals surface area contributed by atoms with Crippen molar-refractivity contribution in [2.24, 2.45) is 0 Å². The SMILES string of the molecule is Cc1cccc(C2(C(=O)O)CCOCC2)c1N. The predicted molar refractivity (Wildman–Crippen MR) is 65.0 cm³/mol. The Morgan fingerprint density at radius 1 is 1.41 bits per heavy atom. The molecule has 3 N–H and O–H groups in total. The molecule has 1 aromatic rings. The monoisotopic (exact) mass is 235 g/mol. The zero-order valence-corrected chi connectivity index (χ0v) is 9.90. The first-order chi connectivity index (χ1) is 8.08. The lowest BCUT2D eigenvalue weighted by atomic mass is 9.73. The van der Waals surface area contributed by atoms with Gasteiger partial charge in [-0.15, -0.1) is 0 Å². The van der Waals surface area contributed by atoms with E-state index in [0.29, 0.717) is 31.7 Å². The minimum absolute atomic E-state index is 0.472. The van der Waals surface area contributed by atoms with Crippen molar-refractivity contribution < 1.29 is 14.6 Å². The number of nitrogens with two attached hydrogens (primary N) is 1. The second kappa shape index (κ2) is 4.37. The van der Waals surface area contributed by atoms with E-state index in [-0.39, 0.29) is 0 Å². The summed E-state index contributed by atoms with van der Waals surface area (Å²) in [5, 5.41) is 9.55. The highest BCUT2D eigenvalue weighted by atomic mass is 16.5. The summed E-state index contributed by atoms with van der Waals surface area (Å²) in [5.74, 6) is -0.807. The Kier molecular flexibility index (Phi) is 3.07. The smallest absolute Gasteiger partial charge is 0.314 e. The molecule has 0 aromatic heterocycles. The standard InChI is InChI=1S/C13H17NO3/c1-9-3-2-4-10(11(9)14)13(12(15)16)5-7-17-8-6-13/h2-4H,5-8,14H2,1H3,(H,15,16). The van der Waals surface area contributed by atoms with Crippen molar-refractivity contribution in [3.05, 3.63) is 29.3 Å². The summed E-state index contributed by atoms with van der Waals surface area (Å²) in [4.78, 5) is 11.6. The van der Waals surface area contributed by atoms with Crippen molar-refractivity contribution in [2.45, 2.75) is 25.2 Å². The third-order valence-electron chi connectivity index (χ3n) is 3.60. The summed E-state index contributed by atoms with van der Waals surface area (Å²) in [7, 11) is 0. The fraction of sp³-hybridized carbons (Fsp3) is 0.462. The minimum Gasteiger partial charge on any atom is -0.481 e. The van der Waals surface area contributed by atoms with Crippen LogP contribution in [-0.2, 0) is 14.9 Å². The van der Waals surface area contributed by atoms with Gasteiger partial charge in [-0.25, -0.2) is 0 Å². The number of carbonyl (C=O) groups is 1. The lowest BCUT2D eigenvalue weighted by Crippen LogP contribution is -2.41. The molecule has 1 saturated heterocycles. The van der Waals surface area contributed by atoms with E-state index < -0.39 is 11.4 Å². The van der Waals surface area contributed by atoms with Crippen LogP contribution < -0.4 is 5.73 Å². The highest BCUT2D eigenvalue weighted by molar-refractivity contribution is 5.84. The highest BCUT2D eigenvalue weighted by Crippen LogP contribution is 2.39. The second-order valence-corrected chi connectivity index (χ2v) is 4.54. The summed E-state index contributed by atoms with van der Waals surface area (Å²) >= 11 is 0. The number of rotatable bonds is 2. The average Bonchev–Trinajstić information content (AvgIpc) is 2.33. The van der Waals surface area contributed by atoms with E-state index in [1.54, 1.807) is 0 Å². The first kappa shape index (κ1) is 11.9. The van der Waals surface area contributed by atoms with Crippen molar-refractivity contribution in [1.82, 2.24) is 0 Å². The Balaban J connectivity index is 2.53. The van der Waals surface area contributed by atoms with E-state index in [1.807, 2.05) is 25.1 Å². The molecule has 1 fully saturated rings. The number of anilines is 1. The van der Waals surface area contributed by atoms with Gasteiger partial charge in [-0.1, -0.05) is 18.2 Å². The van der Waals surface area contributed by atoms with Crippen LogP contribution >= 0.6 is 0 Å². The Labute approximate surface area is 100 Å². The molecule has 0 unspecified atom stereocenters. The van der Waals surface area contributed by atoms with Gasteiger partial charge in [-0.2, -0.15) is 0 Å². The third kappa shape index (κ3) is 1.89. The molecule has 0 bridgehead atoms. The molecule has 1 aliphatic heterocycles. The van der Waals surface area contributed by atoms with E-state index in [4.69, 9.17) is 10.5 Å². The molecule has 1 aromatic carbocycles. The van der Waals surface area contributed by atoms with Crippen molar-refractivity contribution in [1.29, 1.82) is 0 Å². The van der Waals surface area contributed by atoms with Gasteiger partial charge < -0.3 is 15.6 Å². The molecular formula is C13H17NO3. The molecule has 4 nitrogen and oxygen atoms in total. The molecule has 17 heavy (non-hydrogen) atoms. The van der Waals surface area contributed by atoms with Crippen LogP contribution in [0, 0.1) is 6.92 Å². The second-order valence-electron chi connectivity index (χ2n) is 4.54. The lowest BCUT2D eigenvalue weighted by Gasteiger charge is -2.34. The molecule has 0 spiro atoms. The maximum Gasteiger partial charge on any atom is 0.314 e. The van der Waals surface area contributed by atoms with E-state index >= 15 is 0 Å². The first-order valence-corrected chi connectivity index (χ1v) is 5.74. The Morgan fingerprint density at radius 3 is 2.65 bits per heavy atom. The van der Waals surface area contributed by atoms with Crippen molar-refractivity contribution in [2.75, 3.05) is 18.9 Å². The molecular weight excluding hydrogens is 218 g/mol. The van der Waals surface area contributed by atoms with Gasteiger partial charge in [0.2, 0.25) is 0 Å². The van der Waals surface area contributed by atoms with Gasteiger partial charge in [0.25, 0.3) is 0 Å². The number of para-hydroxylation sites is 1. The van der Waals surface area contributed by atoms with Crippen LogP contribution in [-0.4, -0.2) is 24.3 Å². The summed E-state index contributed by atoms with van der Waals surface area (Å²) in [6.45, 7) is 2.84. The van der Waals surface area contributed by atoms with E-state index in [0.717, 1.165) is 11.1 Å². The quantitative estimate of drug-likeness (QED) is 0.765. The van der Waals surface area contributed by atoms with Crippen LogP contribution in [0.5, 0.6) is 0 Å². The van der Waals surface area contributed by atoms with Gasteiger partial charge in [-0.3, -0.25) is 4.79 Å². The van der Waals surface area contributed by atoms with Crippen molar-refractivity contribution in [3.63, 3.8) is 0 Å². The molecule has 0 atom stereocenters. The molecule has 0 amide bonds.